The Bertz CT molecular complexity index is 4860. The van der Waals surface area contributed by atoms with Gasteiger partial charge >= 0.3 is 18.5 Å². The minimum Gasteiger partial charge on any atom is -0.398 e. The minimum atomic E-state index is -4.79. The van der Waals surface area contributed by atoms with Crippen LogP contribution >= 0.6 is 56.2 Å². The Hall–Kier alpha value is -7.30. The summed E-state index contributed by atoms with van der Waals surface area (Å²) in [5.41, 5.74) is -2.05. The quantitative estimate of drug-likeness (QED) is 0.0320. The van der Waals surface area contributed by atoms with E-state index in [0.717, 1.165) is 63.4 Å². The molecule has 111 heavy (non-hydrogen) atoms. The summed E-state index contributed by atoms with van der Waals surface area (Å²) < 4.78 is 241. The van der Waals surface area contributed by atoms with Crippen molar-refractivity contribution >= 4 is 127 Å². The number of sulfonamides is 2. The highest BCUT2D eigenvalue weighted by Gasteiger charge is 2.53. The average Bonchev–Trinajstić information content (AvgIpc) is 0.790. The number of pyridine rings is 5. The molecule has 3 saturated heterocycles. The zero-order chi connectivity index (χ0) is 82.4. The number of nitrogens with two attached hydrogens (primary N) is 1. The molecule has 0 spiro atoms. The second-order valence-corrected chi connectivity index (χ2v) is 35.4. The Labute approximate surface area is 657 Å². The number of aromatic amines is 1. The van der Waals surface area contributed by atoms with E-state index in [2.05, 4.69) is 35.1 Å². The molecule has 8 N–H and O–H groups in total. The molecule has 3 atom stereocenters. The van der Waals surface area contributed by atoms with Crippen LogP contribution in [0.2, 0.25) is 15.1 Å². The first-order valence-corrected chi connectivity index (χ1v) is 41.5. The lowest BCUT2D eigenvalue weighted by atomic mass is 9.95. The van der Waals surface area contributed by atoms with Crippen LogP contribution in [0.25, 0.3) is 0 Å². The lowest BCUT2D eigenvalue weighted by Gasteiger charge is -2.35. The lowest BCUT2D eigenvalue weighted by molar-refractivity contribution is -0.259. The molecule has 27 nitrogen and oxygen atoms in total. The molecule has 46 heteroatoms. The van der Waals surface area contributed by atoms with Crippen molar-refractivity contribution < 1.29 is 101 Å². The third-order valence-corrected chi connectivity index (χ3v) is 25.2. The van der Waals surface area contributed by atoms with E-state index in [9.17, 15) is 102 Å². The molecular weight excluding hydrogens is 1700 g/mol. The predicted molar refractivity (Wildman–Crippen MR) is 399 cm³/mol. The maximum absolute atomic E-state index is 13.0. The molecule has 3 aromatic carbocycles. The van der Waals surface area contributed by atoms with Crippen LogP contribution in [0.3, 0.4) is 0 Å². The van der Waals surface area contributed by atoms with Crippen molar-refractivity contribution in [1.82, 2.24) is 38.8 Å². The second-order valence-electron chi connectivity index (χ2n) is 23.9. The normalized spacial score (nSPS) is 16.5. The van der Waals surface area contributed by atoms with Crippen LogP contribution in [0, 0.1) is 0 Å². The summed E-state index contributed by atoms with van der Waals surface area (Å²) in [4.78, 5) is 32.6. The number of halogens is 14. The molecule has 3 aliphatic rings. The van der Waals surface area contributed by atoms with E-state index in [-0.39, 0.29) is 90.6 Å². The molecule has 11 rings (SSSR count). The van der Waals surface area contributed by atoms with E-state index in [1.54, 1.807) is 12.1 Å². The van der Waals surface area contributed by atoms with Gasteiger partial charge in [-0.3, -0.25) is 29.3 Å². The van der Waals surface area contributed by atoms with Gasteiger partial charge in [-0.05, 0) is 98.1 Å². The molecule has 3 unspecified atom stereocenters. The van der Waals surface area contributed by atoms with Crippen LogP contribution in [-0.4, -0.2) is 193 Å². The number of aromatic nitrogens is 5. The Morgan fingerprint density at radius 2 is 0.712 bits per heavy atom. The summed E-state index contributed by atoms with van der Waals surface area (Å²) >= 11 is 17.0. The van der Waals surface area contributed by atoms with Gasteiger partial charge in [-0.1, -0.05) is 78.6 Å². The van der Waals surface area contributed by atoms with Crippen molar-refractivity contribution in [2.45, 2.75) is 88.0 Å². The Morgan fingerprint density at radius 1 is 0.423 bits per heavy atom. The van der Waals surface area contributed by atoms with Crippen molar-refractivity contribution in [3.8, 4) is 0 Å². The summed E-state index contributed by atoms with van der Waals surface area (Å²) in [6, 6.07) is 23.3. The number of benzene rings is 3. The third-order valence-electron chi connectivity index (χ3n) is 16.5. The van der Waals surface area contributed by atoms with Crippen LogP contribution in [0.15, 0.2) is 194 Å². The van der Waals surface area contributed by atoms with Crippen molar-refractivity contribution in [1.29, 1.82) is 0 Å². The summed E-state index contributed by atoms with van der Waals surface area (Å²) in [6.45, 7) is 7.75. The van der Waals surface area contributed by atoms with E-state index in [4.69, 9.17) is 66.5 Å². The maximum atomic E-state index is 13.0. The predicted octanol–water partition coefficient (Wildman–Crippen LogP) is 10.4. The zero-order valence-electron chi connectivity index (χ0n) is 57.3. The Morgan fingerprint density at radius 3 is 0.973 bits per heavy atom. The standard InChI is InChI=1S/C18H19ClF3N3O3S.C18H21F3N4O3S.C13H17F3N2O.2C5H3Cl2NO2S.C5H5NO4S.CH4/c1-17(26,18(20,21)22)13-2-4-14(5-3-13)24-8-10-25(11-9-24)29(27,28)16-12-23-7-6-15(16)19;1-17(26,18(19,20)21)13-2-4-14(5-3-13)24-8-10-25(11-9-24)29(27,28)16-12-23-7-6-15(16)22;1-12(19,13(14,15)16)10-2-4-11(5-3-10)18-8-6-17-7-9-18;2*6-4-1-2-8-3-5(4)11(7,9)10;7-4-1-2-6-3-5(4)11(8,9)10;/h2-7,12,26H,8-11H2,1H3;2-7,12,26H,8-11H2,1H3,(H2,22,23);2-5,17,19H,6-9H2,1H3;2*1-3H;1-3H,(H,6,7)(H,8,9,10);1H4. The fourth-order valence-corrected chi connectivity index (χ4v) is 16.5. The fourth-order valence-electron chi connectivity index (χ4n) is 9.90. The van der Waals surface area contributed by atoms with E-state index < -0.39 is 93.9 Å². The second kappa shape index (κ2) is 38.2. The number of H-pyrrole nitrogens is 1. The summed E-state index contributed by atoms with van der Waals surface area (Å²) in [5.74, 6) is 0. The molecule has 5 aromatic heterocycles. The van der Waals surface area contributed by atoms with Gasteiger partial charge in [-0.25, -0.2) is 33.7 Å². The highest BCUT2D eigenvalue weighted by molar-refractivity contribution is 8.14. The number of alkyl halides is 9. The van der Waals surface area contributed by atoms with Crippen molar-refractivity contribution in [2.75, 3.05) is 99.0 Å². The first-order valence-electron chi connectivity index (χ1n) is 31.4. The summed E-state index contributed by atoms with van der Waals surface area (Å²) in [7, 11) is -9.43. The fraction of sp³-hybridized carbons (Fsp3) is 0.338. The van der Waals surface area contributed by atoms with Gasteiger partial charge in [0, 0.05) is 185 Å². The molecule has 8 aromatic rings. The first kappa shape index (κ1) is 94.3. The van der Waals surface area contributed by atoms with Crippen LogP contribution in [0.4, 0.5) is 62.3 Å². The molecule has 610 valence electrons. The van der Waals surface area contributed by atoms with Crippen molar-refractivity contribution in [3.05, 3.63) is 207 Å². The number of rotatable bonds is 13. The van der Waals surface area contributed by atoms with E-state index >= 15 is 0 Å². The number of nitrogens with zero attached hydrogens (tertiary/aromatic N) is 9. The maximum Gasteiger partial charge on any atom is 0.421 e. The van der Waals surface area contributed by atoms with E-state index in [0.29, 0.717) is 51.4 Å². The molecule has 3 fully saturated rings. The average molecular weight is 1770 g/mol. The highest BCUT2D eigenvalue weighted by atomic mass is 35.7. The van der Waals surface area contributed by atoms with E-state index in [1.807, 2.05) is 9.80 Å². The van der Waals surface area contributed by atoms with Crippen LogP contribution in [0.1, 0.15) is 44.9 Å². The summed E-state index contributed by atoms with van der Waals surface area (Å²) in [6.07, 6.45) is -1.86. The number of nitrogens with one attached hydrogen (secondary N) is 2. The third kappa shape index (κ3) is 24.9. The molecule has 8 heterocycles. The number of nitrogen functional groups attached to an aromatic ring is 1. The number of hydrogen-bond donors (Lipinski definition) is 7. The largest absolute Gasteiger partial charge is 0.421 e. The van der Waals surface area contributed by atoms with Gasteiger partial charge < -0.3 is 46.1 Å². The van der Waals surface area contributed by atoms with Gasteiger partial charge in [-0.15, -0.1) is 0 Å². The van der Waals surface area contributed by atoms with Crippen LogP contribution in [0.5, 0.6) is 0 Å². The van der Waals surface area contributed by atoms with Gasteiger partial charge in [0.15, 0.2) is 21.7 Å². The molecular formula is C65H72Cl5F9N12O15S5. The highest BCUT2D eigenvalue weighted by Crippen LogP contribution is 2.42. The molecule has 0 amide bonds. The van der Waals surface area contributed by atoms with E-state index in [1.165, 1.54) is 137 Å². The molecule has 0 aliphatic carbocycles. The summed E-state index contributed by atoms with van der Waals surface area (Å²) in [5, 5.41) is 32.5. The minimum absolute atomic E-state index is 0. The number of piperazine rings is 3. The van der Waals surface area contributed by atoms with Gasteiger partial charge in [0.05, 0.1) is 20.8 Å². The molecule has 3 aliphatic heterocycles. The first-order chi connectivity index (χ1) is 50.8. The molecule has 0 saturated carbocycles. The molecule has 0 bridgehead atoms. The number of aliphatic hydroxyl groups is 3. The van der Waals surface area contributed by atoms with Crippen molar-refractivity contribution in [3.63, 3.8) is 0 Å². The molecule has 0 radical (unpaired) electrons. The van der Waals surface area contributed by atoms with Gasteiger partial charge in [-0.2, -0.15) is 56.5 Å². The van der Waals surface area contributed by atoms with Crippen LogP contribution < -0.4 is 31.2 Å². The van der Waals surface area contributed by atoms with Gasteiger partial charge in [0.2, 0.25) is 25.5 Å². The lowest BCUT2D eigenvalue weighted by Crippen LogP contribution is -2.48. The van der Waals surface area contributed by atoms with Gasteiger partial charge in [0.25, 0.3) is 28.2 Å². The Balaban J connectivity index is 0.000000250. The SMILES string of the molecule is C.CC(O)(c1ccc(N2CCN(S(=O)(=O)c3cnccc3Cl)CC2)cc1)C(F)(F)F.CC(O)(c1ccc(N2CCN(S(=O)(=O)c3cnccc3N)CC2)cc1)C(F)(F)F.CC(O)(c1ccc(N2CCNCC2)cc1)C(F)(F)F.O=S(=O)(Cl)c1cnccc1Cl.O=S(=O)(Cl)c1cnccc1Cl.O=c1cc[nH]cc1S(=O)(=O)O. The Kier molecular flexibility index (Phi) is 32.5. The number of hydrogen-bond acceptors (Lipinski definition) is 23. The smallest absolute Gasteiger partial charge is 0.398 e. The van der Waals surface area contributed by atoms with Crippen molar-refractivity contribution in [2.24, 2.45) is 0 Å². The number of anilines is 4. The topological polar surface area (TPSA) is 390 Å². The zero-order valence-corrected chi connectivity index (χ0v) is 65.2. The monoisotopic (exact) mass is 1770 g/mol. The van der Waals surface area contributed by atoms with Gasteiger partial charge in [0.1, 0.15) is 19.6 Å². The van der Waals surface area contributed by atoms with Crippen LogP contribution in [-0.2, 0) is 65.1 Å².